The highest BCUT2D eigenvalue weighted by atomic mass is 79.9. The molecule has 0 fully saturated rings. The molecule has 1 rings (SSSR count). The van der Waals surface area contributed by atoms with Crippen molar-refractivity contribution in [2.45, 2.75) is 13.0 Å². The van der Waals surface area contributed by atoms with Crippen LogP contribution in [0.2, 0.25) is 0 Å². The minimum atomic E-state index is -0.336. The third-order valence-electron chi connectivity index (χ3n) is 2.21. The minimum absolute atomic E-state index is 0.121. The van der Waals surface area contributed by atoms with Gasteiger partial charge in [-0.1, -0.05) is 12.1 Å². The fraction of sp³-hybridized carbons (Fsp3) is 0.333. The second-order valence-corrected chi connectivity index (χ2v) is 4.67. The summed E-state index contributed by atoms with van der Waals surface area (Å²) >= 11 is 3.26. The van der Waals surface area contributed by atoms with E-state index in [0.717, 1.165) is 0 Å². The highest BCUT2D eigenvalue weighted by molar-refractivity contribution is 9.10. The Hall–Kier alpha value is -1.40. The Morgan fingerprint density at radius 2 is 2.06 bits per heavy atom. The van der Waals surface area contributed by atoms with E-state index in [1.54, 1.807) is 31.2 Å². The molecule has 0 aromatic heterocycles. The summed E-state index contributed by atoms with van der Waals surface area (Å²) in [6.07, 6.45) is 0. The number of halogens is 1. The monoisotopic (exact) mass is 314 g/mol. The highest BCUT2D eigenvalue weighted by Gasteiger charge is 2.11. The van der Waals surface area contributed by atoms with Gasteiger partial charge in [0.1, 0.15) is 0 Å². The van der Waals surface area contributed by atoms with E-state index in [-0.39, 0.29) is 31.0 Å². The molecular weight excluding hydrogens is 300 g/mol. The zero-order valence-corrected chi connectivity index (χ0v) is 11.5. The van der Waals surface area contributed by atoms with Gasteiger partial charge in [0.25, 0.3) is 5.91 Å². The second-order valence-electron chi connectivity index (χ2n) is 3.81. The van der Waals surface area contributed by atoms with Crippen LogP contribution >= 0.6 is 15.9 Å². The van der Waals surface area contributed by atoms with Crippen molar-refractivity contribution in [2.75, 3.05) is 13.2 Å². The average molecular weight is 315 g/mol. The van der Waals surface area contributed by atoms with Gasteiger partial charge in [0.2, 0.25) is 5.91 Å². The smallest absolute Gasteiger partial charge is 0.252 e. The second kappa shape index (κ2) is 7.13. The predicted molar refractivity (Wildman–Crippen MR) is 71.2 cm³/mol. The van der Waals surface area contributed by atoms with Crippen molar-refractivity contribution in [3.05, 3.63) is 34.3 Å². The molecule has 0 unspecified atom stereocenters. The number of amides is 2. The SMILES string of the molecule is C[C@@H](CO)NC(=O)CNC(=O)c1ccccc1Br. The lowest BCUT2D eigenvalue weighted by Crippen LogP contribution is -2.42. The maximum Gasteiger partial charge on any atom is 0.252 e. The van der Waals surface area contributed by atoms with E-state index in [9.17, 15) is 9.59 Å². The number of nitrogens with one attached hydrogen (secondary N) is 2. The van der Waals surface area contributed by atoms with E-state index in [4.69, 9.17) is 5.11 Å². The van der Waals surface area contributed by atoms with Crippen molar-refractivity contribution in [1.82, 2.24) is 10.6 Å². The molecule has 0 heterocycles. The molecule has 0 saturated heterocycles. The van der Waals surface area contributed by atoms with Crippen LogP contribution in [0.25, 0.3) is 0 Å². The molecule has 1 atom stereocenters. The first-order chi connectivity index (χ1) is 8.54. The Morgan fingerprint density at radius 1 is 1.39 bits per heavy atom. The normalized spacial score (nSPS) is 11.7. The van der Waals surface area contributed by atoms with Gasteiger partial charge in [-0.15, -0.1) is 0 Å². The molecule has 18 heavy (non-hydrogen) atoms. The standard InChI is InChI=1S/C12H15BrN2O3/c1-8(7-16)15-11(17)6-14-12(18)9-4-2-3-5-10(9)13/h2-5,8,16H,6-7H2,1H3,(H,14,18)(H,15,17)/t8-/m0/s1. The quantitative estimate of drug-likeness (QED) is 0.747. The van der Waals surface area contributed by atoms with E-state index in [0.29, 0.717) is 10.0 Å². The lowest BCUT2D eigenvalue weighted by atomic mass is 10.2. The first kappa shape index (κ1) is 14.7. The Balaban J connectivity index is 2.47. The van der Waals surface area contributed by atoms with Crippen LogP contribution < -0.4 is 10.6 Å². The fourth-order valence-corrected chi connectivity index (χ4v) is 1.74. The molecule has 3 N–H and O–H groups in total. The first-order valence-corrected chi connectivity index (χ1v) is 6.27. The summed E-state index contributed by atoms with van der Waals surface area (Å²) in [5.74, 6) is -0.661. The van der Waals surface area contributed by atoms with Crippen LogP contribution in [0.3, 0.4) is 0 Å². The summed E-state index contributed by atoms with van der Waals surface area (Å²) in [5, 5.41) is 13.8. The Morgan fingerprint density at radius 3 is 2.67 bits per heavy atom. The molecule has 2 amide bonds. The number of carbonyl (C=O) groups is 2. The molecule has 0 saturated carbocycles. The summed E-state index contributed by atoms with van der Waals surface area (Å²) in [6.45, 7) is 1.42. The van der Waals surface area contributed by atoms with Crippen molar-refractivity contribution < 1.29 is 14.7 Å². The topological polar surface area (TPSA) is 78.4 Å². The third kappa shape index (κ3) is 4.46. The third-order valence-corrected chi connectivity index (χ3v) is 2.90. The van der Waals surface area contributed by atoms with Gasteiger partial charge in [0.15, 0.2) is 0 Å². The number of rotatable bonds is 5. The molecule has 0 bridgehead atoms. The number of aliphatic hydroxyl groups excluding tert-OH is 1. The zero-order valence-electron chi connectivity index (χ0n) is 9.94. The van der Waals surface area contributed by atoms with Crippen molar-refractivity contribution in [2.24, 2.45) is 0 Å². The first-order valence-electron chi connectivity index (χ1n) is 5.47. The van der Waals surface area contributed by atoms with Crippen LogP contribution in [0.1, 0.15) is 17.3 Å². The van der Waals surface area contributed by atoms with Gasteiger partial charge in [0, 0.05) is 10.5 Å². The van der Waals surface area contributed by atoms with Crippen molar-refractivity contribution >= 4 is 27.7 Å². The number of hydrogen-bond acceptors (Lipinski definition) is 3. The summed E-state index contributed by atoms with van der Waals surface area (Å²) in [4.78, 5) is 23.1. The highest BCUT2D eigenvalue weighted by Crippen LogP contribution is 2.15. The van der Waals surface area contributed by atoms with Crippen LogP contribution in [-0.4, -0.2) is 36.1 Å². The molecule has 98 valence electrons. The number of aliphatic hydroxyl groups is 1. The van der Waals surface area contributed by atoms with Crippen molar-refractivity contribution in [3.63, 3.8) is 0 Å². The molecule has 0 spiro atoms. The van der Waals surface area contributed by atoms with Gasteiger partial charge in [-0.3, -0.25) is 9.59 Å². The lowest BCUT2D eigenvalue weighted by Gasteiger charge is -2.11. The molecule has 1 aromatic carbocycles. The molecule has 0 radical (unpaired) electrons. The van der Waals surface area contributed by atoms with Gasteiger partial charge >= 0.3 is 0 Å². The predicted octanol–water partition coefficient (Wildman–Crippen LogP) is 0.676. The van der Waals surface area contributed by atoms with E-state index in [1.165, 1.54) is 0 Å². The fourth-order valence-electron chi connectivity index (χ4n) is 1.27. The summed E-state index contributed by atoms with van der Waals surface area (Å²) in [5.41, 5.74) is 0.473. The lowest BCUT2D eigenvalue weighted by molar-refractivity contribution is -0.121. The Labute approximate surface area is 114 Å². The number of benzene rings is 1. The molecule has 0 aliphatic heterocycles. The summed E-state index contributed by atoms with van der Waals surface area (Å²) in [6, 6.07) is 6.64. The Kier molecular flexibility index (Phi) is 5.80. The number of hydrogen-bond donors (Lipinski definition) is 3. The maximum absolute atomic E-state index is 11.8. The van der Waals surface area contributed by atoms with E-state index >= 15 is 0 Å². The molecule has 6 heteroatoms. The number of carbonyl (C=O) groups excluding carboxylic acids is 2. The van der Waals surface area contributed by atoms with E-state index in [1.807, 2.05) is 0 Å². The summed E-state index contributed by atoms with van der Waals surface area (Å²) < 4.78 is 0.673. The molecule has 1 aromatic rings. The van der Waals surface area contributed by atoms with Gasteiger partial charge < -0.3 is 15.7 Å². The van der Waals surface area contributed by atoms with Gasteiger partial charge in [-0.25, -0.2) is 0 Å². The van der Waals surface area contributed by atoms with Crippen molar-refractivity contribution in [3.8, 4) is 0 Å². The van der Waals surface area contributed by atoms with Crippen molar-refractivity contribution in [1.29, 1.82) is 0 Å². The van der Waals surface area contributed by atoms with E-state index in [2.05, 4.69) is 26.6 Å². The maximum atomic E-state index is 11.8. The largest absolute Gasteiger partial charge is 0.394 e. The van der Waals surface area contributed by atoms with E-state index < -0.39 is 0 Å². The summed E-state index contributed by atoms with van der Waals surface area (Å²) in [7, 11) is 0. The minimum Gasteiger partial charge on any atom is -0.394 e. The van der Waals surface area contributed by atoms with Crippen LogP contribution in [0, 0.1) is 0 Å². The average Bonchev–Trinajstić information content (AvgIpc) is 2.36. The van der Waals surface area contributed by atoms with Gasteiger partial charge in [0.05, 0.1) is 18.7 Å². The van der Waals surface area contributed by atoms with Crippen LogP contribution in [0.4, 0.5) is 0 Å². The Bertz CT molecular complexity index is 437. The molecule has 0 aliphatic carbocycles. The van der Waals surface area contributed by atoms with Crippen LogP contribution in [0.5, 0.6) is 0 Å². The zero-order chi connectivity index (χ0) is 13.5. The molecule has 0 aliphatic rings. The van der Waals surface area contributed by atoms with Crippen LogP contribution in [-0.2, 0) is 4.79 Å². The van der Waals surface area contributed by atoms with Gasteiger partial charge in [-0.2, -0.15) is 0 Å². The molecule has 5 nitrogen and oxygen atoms in total. The van der Waals surface area contributed by atoms with Gasteiger partial charge in [-0.05, 0) is 35.0 Å². The molecular formula is C12H15BrN2O3. The van der Waals surface area contributed by atoms with Crippen LogP contribution in [0.15, 0.2) is 28.7 Å².